The number of alkyl halides is 3. The Morgan fingerprint density at radius 2 is 1.69 bits per heavy atom. The normalized spacial score (nSPS) is 23.2. The molecule has 29 heavy (non-hydrogen) atoms. The van der Waals surface area contributed by atoms with Crippen molar-refractivity contribution in [1.82, 2.24) is 10.6 Å². The smallest absolute Gasteiger partial charge is 0.419 e. The highest BCUT2D eigenvalue weighted by molar-refractivity contribution is 7.98. The minimum atomic E-state index is -4.59. The average Bonchev–Trinajstić information content (AvgIpc) is 3.20. The summed E-state index contributed by atoms with van der Waals surface area (Å²) in [5.41, 5.74) is -0.952. The molecule has 0 heterocycles. The third-order valence-electron chi connectivity index (χ3n) is 5.96. The molecule has 2 unspecified atom stereocenters. The second-order valence-electron chi connectivity index (χ2n) is 7.84. The largest absolute Gasteiger partial charge is 0.495 e. The standard InChI is InChI=1S/C21H29F3N2O2S/c1-28-19-14(21(22,23)24)11-12-17(29-2)18(19)20(27)26-16-10-6-5-9-15(16)25-13-7-3-4-8-13/h11-13,15-16,25H,3-10H2,1-2H3,(H,26,27). The maximum Gasteiger partial charge on any atom is 0.419 e. The van der Waals surface area contributed by atoms with E-state index in [1.165, 1.54) is 37.8 Å². The van der Waals surface area contributed by atoms with E-state index in [1.807, 2.05) is 0 Å². The molecule has 2 saturated carbocycles. The van der Waals surface area contributed by atoms with Gasteiger partial charge >= 0.3 is 6.18 Å². The van der Waals surface area contributed by atoms with E-state index in [-0.39, 0.29) is 17.6 Å². The fourth-order valence-corrected chi connectivity index (χ4v) is 5.12. The van der Waals surface area contributed by atoms with Crippen molar-refractivity contribution in [3.05, 3.63) is 23.3 Å². The van der Waals surface area contributed by atoms with Crippen LogP contribution in [0.5, 0.6) is 5.75 Å². The van der Waals surface area contributed by atoms with Gasteiger partial charge in [-0.3, -0.25) is 4.79 Å². The van der Waals surface area contributed by atoms with Gasteiger partial charge in [0.05, 0.1) is 18.2 Å². The zero-order valence-electron chi connectivity index (χ0n) is 16.9. The Kier molecular flexibility index (Phi) is 7.37. The molecule has 1 aromatic rings. The van der Waals surface area contributed by atoms with Gasteiger partial charge in [0, 0.05) is 23.0 Å². The molecule has 1 aromatic carbocycles. The number of halogens is 3. The molecule has 2 aliphatic carbocycles. The molecule has 3 rings (SSSR count). The van der Waals surface area contributed by atoms with Crippen LogP contribution in [0.2, 0.25) is 0 Å². The maximum absolute atomic E-state index is 13.4. The van der Waals surface area contributed by atoms with Gasteiger partial charge in [-0.05, 0) is 44.1 Å². The molecule has 0 aliphatic heterocycles. The summed E-state index contributed by atoms with van der Waals surface area (Å²) in [4.78, 5) is 13.6. The molecular weight excluding hydrogens is 401 g/mol. The molecule has 1 amide bonds. The number of methoxy groups -OCH3 is 1. The molecule has 2 aliphatic rings. The zero-order chi connectivity index (χ0) is 21.0. The van der Waals surface area contributed by atoms with E-state index >= 15 is 0 Å². The molecule has 2 N–H and O–H groups in total. The molecule has 0 saturated heterocycles. The minimum Gasteiger partial charge on any atom is -0.495 e. The van der Waals surface area contributed by atoms with Crippen LogP contribution in [0.15, 0.2) is 17.0 Å². The van der Waals surface area contributed by atoms with Crippen LogP contribution in [-0.4, -0.2) is 37.4 Å². The zero-order valence-corrected chi connectivity index (χ0v) is 17.7. The molecule has 2 atom stereocenters. The maximum atomic E-state index is 13.4. The van der Waals surface area contributed by atoms with Crippen molar-refractivity contribution >= 4 is 17.7 Å². The van der Waals surface area contributed by atoms with Crippen LogP contribution < -0.4 is 15.4 Å². The molecule has 0 spiro atoms. The van der Waals surface area contributed by atoms with Gasteiger partial charge in [-0.2, -0.15) is 13.2 Å². The number of nitrogens with one attached hydrogen (secondary N) is 2. The van der Waals surface area contributed by atoms with Crippen LogP contribution in [0, 0.1) is 0 Å². The summed E-state index contributed by atoms with van der Waals surface area (Å²) >= 11 is 1.24. The first-order valence-corrected chi connectivity index (χ1v) is 11.5. The summed E-state index contributed by atoms with van der Waals surface area (Å²) in [5, 5.41) is 6.71. The number of thioether (sulfide) groups is 1. The van der Waals surface area contributed by atoms with Crippen LogP contribution in [0.4, 0.5) is 13.2 Å². The number of carbonyl (C=O) groups is 1. The van der Waals surface area contributed by atoms with E-state index in [1.54, 1.807) is 6.26 Å². The van der Waals surface area contributed by atoms with E-state index in [9.17, 15) is 18.0 Å². The number of carbonyl (C=O) groups excluding carboxylic acids is 1. The molecule has 0 radical (unpaired) electrons. The Morgan fingerprint density at radius 3 is 2.28 bits per heavy atom. The number of rotatable bonds is 6. The number of hydrogen-bond donors (Lipinski definition) is 2. The van der Waals surface area contributed by atoms with Crippen LogP contribution in [0.25, 0.3) is 0 Å². The van der Waals surface area contributed by atoms with Gasteiger partial charge in [0.1, 0.15) is 5.75 Å². The average molecular weight is 431 g/mol. The Labute approximate surface area is 174 Å². The molecule has 0 aromatic heterocycles. The Hall–Kier alpha value is -1.41. The van der Waals surface area contributed by atoms with Gasteiger partial charge in [0.2, 0.25) is 0 Å². The summed E-state index contributed by atoms with van der Waals surface area (Å²) in [6.07, 6.45) is 5.79. The van der Waals surface area contributed by atoms with E-state index in [0.29, 0.717) is 10.9 Å². The van der Waals surface area contributed by atoms with E-state index < -0.39 is 23.4 Å². The lowest BCUT2D eigenvalue weighted by Crippen LogP contribution is -2.53. The van der Waals surface area contributed by atoms with Crippen molar-refractivity contribution in [1.29, 1.82) is 0 Å². The minimum absolute atomic E-state index is 0.0278. The van der Waals surface area contributed by atoms with Gasteiger partial charge in [-0.25, -0.2) is 0 Å². The lowest BCUT2D eigenvalue weighted by molar-refractivity contribution is -0.138. The molecule has 4 nitrogen and oxygen atoms in total. The summed E-state index contributed by atoms with van der Waals surface area (Å²) in [6, 6.07) is 2.87. The second-order valence-corrected chi connectivity index (χ2v) is 8.69. The number of ether oxygens (including phenoxy) is 1. The lowest BCUT2D eigenvalue weighted by atomic mass is 9.89. The van der Waals surface area contributed by atoms with E-state index in [4.69, 9.17) is 4.74 Å². The SMILES string of the molecule is COc1c(C(F)(F)F)ccc(SC)c1C(=O)NC1CCCCC1NC1CCCC1. The topological polar surface area (TPSA) is 50.4 Å². The summed E-state index contributed by atoms with van der Waals surface area (Å²) in [5.74, 6) is -0.902. The van der Waals surface area contributed by atoms with Crippen LogP contribution in [0.3, 0.4) is 0 Å². The molecule has 0 bridgehead atoms. The molecule has 162 valence electrons. The summed E-state index contributed by atoms with van der Waals surface area (Å²) in [6.45, 7) is 0. The molecule has 8 heteroatoms. The monoisotopic (exact) mass is 430 g/mol. The van der Waals surface area contributed by atoms with Crippen molar-refractivity contribution in [3.8, 4) is 5.75 Å². The van der Waals surface area contributed by atoms with Gasteiger partial charge in [-0.15, -0.1) is 11.8 Å². The third-order valence-corrected chi connectivity index (χ3v) is 6.74. The highest BCUT2D eigenvalue weighted by Gasteiger charge is 2.38. The van der Waals surface area contributed by atoms with Crippen LogP contribution in [0.1, 0.15) is 67.3 Å². The molecular formula is C21H29F3N2O2S. The highest BCUT2D eigenvalue weighted by atomic mass is 32.2. The predicted molar refractivity (Wildman–Crippen MR) is 109 cm³/mol. The van der Waals surface area contributed by atoms with Crippen molar-refractivity contribution in [2.45, 2.75) is 80.6 Å². The quantitative estimate of drug-likeness (QED) is 0.623. The van der Waals surface area contributed by atoms with Gasteiger partial charge < -0.3 is 15.4 Å². The van der Waals surface area contributed by atoms with Crippen molar-refractivity contribution in [2.24, 2.45) is 0 Å². The van der Waals surface area contributed by atoms with Gasteiger partial charge in [-0.1, -0.05) is 25.7 Å². The number of benzene rings is 1. The van der Waals surface area contributed by atoms with Crippen molar-refractivity contribution in [2.75, 3.05) is 13.4 Å². The van der Waals surface area contributed by atoms with Crippen LogP contribution in [-0.2, 0) is 6.18 Å². The van der Waals surface area contributed by atoms with Gasteiger partial charge in [0.25, 0.3) is 5.91 Å². The van der Waals surface area contributed by atoms with E-state index in [2.05, 4.69) is 10.6 Å². The van der Waals surface area contributed by atoms with Gasteiger partial charge in [0.15, 0.2) is 0 Å². The molecule has 2 fully saturated rings. The van der Waals surface area contributed by atoms with Crippen molar-refractivity contribution in [3.63, 3.8) is 0 Å². The first kappa shape index (κ1) is 22.3. The predicted octanol–water partition coefficient (Wildman–Crippen LogP) is 5.01. The highest BCUT2D eigenvalue weighted by Crippen LogP contribution is 2.41. The summed E-state index contributed by atoms with van der Waals surface area (Å²) < 4.78 is 45.4. The lowest BCUT2D eigenvalue weighted by Gasteiger charge is -2.35. The van der Waals surface area contributed by atoms with Crippen LogP contribution >= 0.6 is 11.8 Å². The number of amides is 1. The summed E-state index contributed by atoms with van der Waals surface area (Å²) in [7, 11) is 1.18. The third kappa shape index (κ3) is 5.20. The first-order valence-electron chi connectivity index (χ1n) is 10.2. The van der Waals surface area contributed by atoms with E-state index in [0.717, 1.165) is 44.6 Å². The Morgan fingerprint density at radius 1 is 1.07 bits per heavy atom. The van der Waals surface area contributed by atoms with Crippen molar-refractivity contribution < 1.29 is 22.7 Å². The first-order chi connectivity index (χ1) is 13.8. The fourth-order valence-electron chi connectivity index (χ4n) is 4.52. The Balaban J connectivity index is 1.84. The number of hydrogen-bond acceptors (Lipinski definition) is 4. The second kappa shape index (κ2) is 9.60. The Bertz CT molecular complexity index is 721. The fraction of sp³-hybridized carbons (Fsp3) is 0.667.